The molecule has 3 aromatic carbocycles. The second-order valence-electron chi connectivity index (χ2n) is 6.29. The first-order valence-corrected chi connectivity index (χ1v) is 8.33. The first-order valence-electron chi connectivity index (χ1n) is 8.33. The predicted octanol–water partition coefficient (Wildman–Crippen LogP) is 5.69. The van der Waals surface area contributed by atoms with Gasteiger partial charge in [-0.25, -0.2) is 4.98 Å². The quantitative estimate of drug-likeness (QED) is 0.482. The van der Waals surface area contributed by atoms with Crippen LogP contribution in [-0.2, 0) is 6.61 Å². The predicted molar refractivity (Wildman–Crippen MR) is 99.7 cm³/mol. The molecule has 0 fully saturated rings. The molecule has 4 rings (SSSR count). The second kappa shape index (κ2) is 6.44. The molecule has 1 heterocycles. The molecule has 0 N–H and O–H groups in total. The minimum Gasteiger partial charge on any atom is -0.489 e. The fourth-order valence-corrected chi connectivity index (χ4v) is 2.71. The van der Waals surface area contributed by atoms with E-state index in [1.807, 2.05) is 49.4 Å². The Hall–Kier alpha value is -3.07. The average Bonchev–Trinajstić information content (AvgIpc) is 3.05. The zero-order valence-electron chi connectivity index (χ0n) is 14.3. The highest BCUT2D eigenvalue weighted by Crippen LogP contribution is 2.26. The molecule has 0 aliphatic carbocycles. The van der Waals surface area contributed by atoms with Crippen LogP contribution in [-0.4, -0.2) is 4.98 Å². The van der Waals surface area contributed by atoms with Crippen LogP contribution in [0.3, 0.4) is 0 Å². The van der Waals surface area contributed by atoms with Gasteiger partial charge in [-0.3, -0.25) is 0 Å². The van der Waals surface area contributed by atoms with E-state index < -0.39 is 0 Å². The first-order chi connectivity index (χ1) is 12.2. The van der Waals surface area contributed by atoms with Crippen LogP contribution in [0.15, 0.2) is 71.1 Å². The number of nitrogens with zero attached hydrogens (tertiary/aromatic N) is 1. The fourth-order valence-electron chi connectivity index (χ4n) is 2.71. The topological polar surface area (TPSA) is 35.3 Å². The number of hydrogen-bond acceptors (Lipinski definition) is 3. The van der Waals surface area contributed by atoms with Gasteiger partial charge in [0.15, 0.2) is 5.58 Å². The summed E-state index contributed by atoms with van der Waals surface area (Å²) in [6.07, 6.45) is 0. The van der Waals surface area contributed by atoms with Crippen LogP contribution < -0.4 is 4.74 Å². The molecule has 0 saturated heterocycles. The molecule has 0 amide bonds. The Labute approximate surface area is 146 Å². The van der Waals surface area contributed by atoms with Crippen LogP contribution in [0.5, 0.6) is 5.75 Å². The van der Waals surface area contributed by atoms with Gasteiger partial charge in [0.25, 0.3) is 0 Å². The maximum atomic E-state index is 5.85. The third-order valence-electron chi connectivity index (χ3n) is 4.17. The van der Waals surface area contributed by atoms with Gasteiger partial charge in [-0.05, 0) is 61.4 Å². The lowest BCUT2D eigenvalue weighted by atomic mass is 10.2. The SMILES string of the molecule is Cc1ccc(COc2ccc(-c3nc4cc(C)ccc4o3)cc2)cc1. The lowest BCUT2D eigenvalue weighted by Gasteiger charge is -2.07. The van der Waals surface area contributed by atoms with E-state index in [1.54, 1.807) is 0 Å². The van der Waals surface area contributed by atoms with Crippen molar-refractivity contribution in [1.29, 1.82) is 0 Å². The highest BCUT2D eigenvalue weighted by molar-refractivity contribution is 5.76. The first kappa shape index (κ1) is 15.5. The van der Waals surface area contributed by atoms with E-state index in [0.29, 0.717) is 12.5 Å². The third kappa shape index (κ3) is 3.41. The van der Waals surface area contributed by atoms with Gasteiger partial charge in [-0.15, -0.1) is 0 Å². The summed E-state index contributed by atoms with van der Waals surface area (Å²) in [7, 11) is 0. The van der Waals surface area contributed by atoms with E-state index in [2.05, 4.69) is 36.2 Å². The van der Waals surface area contributed by atoms with E-state index in [-0.39, 0.29) is 0 Å². The number of benzene rings is 3. The Balaban J connectivity index is 1.49. The molecule has 0 spiro atoms. The molecule has 1 aromatic heterocycles. The Kier molecular flexibility index (Phi) is 3.98. The second-order valence-corrected chi connectivity index (χ2v) is 6.29. The zero-order chi connectivity index (χ0) is 17.2. The zero-order valence-corrected chi connectivity index (χ0v) is 14.3. The Morgan fingerprint density at radius 3 is 2.32 bits per heavy atom. The lowest BCUT2D eigenvalue weighted by molar-refractivity contribution is 0.306. The number of fused-ring (bicyclic) bond motifs is 1. The molecule has 3 heteroatoms. The largest absolute Gasteiger partial charge is 0.489 e. The summed E-state index contributed by atoms with van der Waals surface area (Å²) in [6.45, 7) is 4.69. The van der Waals surface area contributed by atoms with Gasteiger partial charge in [0.1, 0.15) is 17.9 Å². The van der Waals surface area contributed by atoms with Crippen molar-refractivity contribution in [3.05, 3.63) is 83.4 Å². The van der Waals surface area contributed by atoms with Gasteiger partial charge in [0.05, 0.1) is 0 Å². The summed E-state index contributed by atoms with van der Waals surface area (Å²) in [4.78, 5) is 4.57. The summed E-state index contributed by atoms with van der Waals surface area (Å²) in [5, 5.41) is 0. The maximum Gasteiger partial charge on any atom is 0.227 e. The van der Waals surface area contributed by atoms with Gasteiger partial charge < -0.3 is 9.15 Å². The van der Waals surface area contributed by atoms with Crippen molar-refractivity contribution in [3.8, 4) is 17.2 Å². The Bertz CT molecular complexity index is 999. The molecule has 0 aliphatic rings. The average molecular weight is 329 g/mol. The molecule has 3 nitrogen and oxygen atoms in total. The normalized spacial score (nSPS) is 11.0. The van der Waals surface area contributed by atoms with Gasteiger partial charge in [-0.1, -0.05) is 35.9 Å². The lowest BCUT2D eigenvalue weighted by Crippen LogP contribution is -1.95. The summed E-state index contributed by atoms with van der Waals surface area (Å²) in [6, 6.07) is 22.2. The number of rotatable bonds is 4. The smallest absolute Gasteiger partial charge is 0.227 e. The highest BCUT2D eigenvalue weighted by atomic mass is 16.5. The van der Waals surface area contributed by atoms with Gasteiger partial charge >= 0.3 is 0 Å². The number of hydrogen-bond donors (Lipinski definition) is 0. The van der Waals surface area contributed by atoms with Crippen molar-refractivity contribution >= 4 is 11.1 Å². The summed E-state index contributed by atoms with van der Waals surface area (Å²) in [5.74, 6) is 1.46. The molecule has 124 valence electrons. The molecule has 4 aromatic rings. The van der Waals surface area contributed by atoms with Crippen molar-refractivity contribution in [3.63, 3.8) is 0 Å². The third-order valence-corrected chi connectivity index (χ3v) is 4.17. The van der Waals surface area contributed by atoms with Crippen LogP contribution in [0.25, 0.3) is 22.6 Å². The minimum absolute atomic E-state index is 0.557. The number of oxazole rings is 1. The summed E-state index contributed by atoms with van der Waals surface area (Å²) >= 11 is 0. The van der Waals surface area contributed by atoms with E-state index in [9.17, 15) is 0 Å². The van der Waals surface area contributed by atoms with Crippen molar-refractivity contribution in [1.82, 2.24) is 4.98 Å². The summed E-state index contributed by atoms with van der Waals surface area (Å²) in [5.41, 5.74) is 6.21. The number of ether oxygens (including phenoxy) is 1. The molecular formula is C22H19NO2. The molecule has 25 heavy (non-hydrogen) atoms. The van der Waals surface area contributed by atoms with E-state index in [0.717, 1.165) is 28.0 Å². The maximum absolute atomic E-state index is 5.85. The van der Waals surface area contributed by atoms with Crippen LogP contribution >= 0.6 is 0 Å². The van der Waals surface area contributed by atoms with Crippen LogP contribution in [0, 0.1) is 13.8 Å². The molecule has 0 aliphatic heterocycles. The molecule has 0 radical (unpaired) electrons. The summed E-state index contributed by atoms with van der Waals surface area (Å²) < 4.78 is 11.7. The Morgan fingerprint density at radius 2 is 1.56 bits per heavy atom. The molecular weight excluding hydrogens is 310 g/mol. The number of aromatic nitrogens is 1. The molecule has 0 atom stereocenters. The van der Waals surface area contributed by atoms with Gasteiger partial charge in [0.2, 0.25) is 5.89 Å². The molecule has 0 saturated carbocycles. The number of aryl methyl sites for hydroxylation is 2. The van der Waals surface area contributed by atoms with Crippen molar-refractivity contribution in [2.24, 2.45) is 0 Å². The highest BCUT2D eigenvalue weighted by Gasteiger charge is 2.08. The standard InChI is InChI=1S/C22H19NO2/c1-15-3-6-17(7-4-15)14-24-19-10-8-18(9-11-19)22-23-20-13-16(2)5-12-21(20)25-22/h3-13H,14H2,1-2H3. The molecule has 0 bridgehead atoms. The van der Waals surface area contributed by atoms with Crippen LogP contribution in [0.2, 0.25) is 0 Å². The van der Waals surface area contributed by atoms with Gasteiger partial charge in [0, 0.05) is 5.56 Å². The van der Waals surface area contributed by atoms with E-state index >= 15 is 0 Å². The molecule has 0 unspecified atom stereocenters. The van der Waals surface area contributed by atoms with Gasteiger partial charge in [-0.2, -0.15) is 0 Å². The van der Waals surface area contributed by atoms with E-state index in [4.69, 9.17) is 9.15 Å². The minimum atomic E-state index is 0.557. The monoisotopic (exact) mass is 329 g/mol. The van der Waals surface area contributed by atoms with E-state index in [1.165, 1.54) is 11.1 Å². The van der Waals surface area contributed by atoms with Crippen molar-refractivity contribution in [2.45, 2.75) is 20.5 Å². The Morgan fingerprint density at radius 1 is 0.840 bits per heavy atom. The van der Waals surface area contributed by atoms with Crippen molar-refractivity contribution in [2.75, 3.05) is 0 Å². The van der Waals surface area contributed by atoms with Crippen LogP contribution in [0.4, 0.5) is 0 Å². The van der Waals surface area contributed by atoms with Crippen molar-refractivity contribution < 1.29 is 9.15 Å². The van der Waals surface area contributed by atoms with Crippen LogP contribution in [0.1, 0.15) is 16.7 Å². The fraction of sp³-hybridized carbons (Fsp3) is 0.136.